The highest BCUT2D eigenvalue weighted by Gasteiger charge is 2.84. The van der Waals surface area contributed by atoms with Gasteiger partial charge in [0.2, 0.25) is 0 Å². The smallest absolute Gasteiger partial charge is 0.333 e. The first-order valence-electron chi connectivity index (χ1n) is 2.67. The summed E-state index contributed by atoms with van der Waals surface area (Å²) in [5.41, 5.74) is -6.97. The van der Waals surface area contributed by atoms with Crippen molar-refractivity contribution < 1.29 is 44.6 Å². The van der Waals surface area contributed by atoms with E-state index in [-0.39, 0.29) is 0 Å². The van der Waals surface area contributed by atoms with E-state index in [1.54, 1.807) is 0 Å². The number of rotatable bonds is 1. The molecule has 86 valence electrons. The average Bonchev–Trinajstić information content (AvgIpc) is 1.77. The van der Waals surface area contributed by atoms with Gasteiger partial charge in [0.1, 0.15) is 0 Å². The van der Waals surface area contributed by atoms with Gasteiger partial charge in [0, 0.05) is 0 Å². The zero-order chi connectivity index (χ0) is 12.0. The molecule has 0 aliphatic rings. The molecule has 0 spiro atoms. The fourth-order valence-electron chi connectivity index (χ4n) is 0.502. The van der Waals surface area contributed by atoms with Gasteiger partial charge in [-0.1, -0.05) is 0 Å². The third-order valence-electron chi connectivity index (χ3n) is 1.20. The number of hydrogen-bond acceptors (Lipinski definition) is 1. The summed E-state index contributed by atoms with van der Waals surface area (Å²) in [6.07, 6.45) is -20.5. The molecule has 0 saturated carbocycles. The maximum atomic E-state index is 12.1. The summed E-state index contributed by atoms with van der Waals surface area (Å²) < 4.78 is 103. The molecule has 0 atom stereocenters. The summed E-state index contributed by atoms with van der Waals surface area (Å²) in [6.45, 7) is 0. The molecule has 0 aromatic rings. The van der Waals surface area contributed by atoms with Gasteiger partial charge in [-0.2, -0.15) is 35.1 Å². The van der Waals surface area contributed by atoms with Gasteiger partial charge in [0.15, 0.2) is 0 Å². The van der Waals surface area contributed by atoms with Crippen LogP contribution in [0.4, 0.5) is 39.5 Å². The molecule has 0 rings (SSSR count). The van der Waals surface area contributed by atoms with Gasteiger partial charge < -0.3 is 5.11 Å². The molecule has 0 unspecified atom stereocenters. The highest BCUT2D eigenvalue weighted by molar-refractivity contribution is 5.00. The number of aliphatic hydroxyl groups is 1. The van der Waals surface area contributed by atoms with Crippen LogP contribution in [0.2, 0.25) is 0 Å². The standard InChI is InChI=1S/C4HF9O/c5-1(2(6,7)8,3(9,10)11)4(12,13)14/h14H. The van der Waals surface area contributed by atoms with E-state index in [0.29, 0.717) is 0 Å². The Morgan fingerprint density at radius 1 is 0.571 bits per heavy atom. The summed E-state index contributed by atoms with van der Waals surface area (Å²) >= 11 is 0. The van der Waals surface area contributed by atoms with Crippen molar-refractivity contribution in [2.24, 2.45) is 0 Å². The number of hydrogen-bond donors (Lipinski definition) is 1. The molecular weight excluding hydrogens is 235 g/mol. The molecule has 0 fully saturated rings. The molecule has 0 aliphatic carbocycles. The van der Waals surface area contributed by atoms with Crippen LogP contribution in [0.3, 0.4) is 0 Å². The minimum absolute atomic E-state index is 6.59. The topological polar surface area (TPSA) is 20.2 Å². The van der Waals surface area contributed by atoms with Gasteiger partial charge in [-0.15, -0.1) is 0 Å². The first-order valence-corrected chi connectivity index (χ1v) is 2.67. The Morgan fingerprint density at radius 2 is 0.786 bits per heavy atom. The molecule has 0 aliphatic heterocycles. The molecule has 0 aromatic carbocycles. The van der Waals surface area contributed by atoms with E-state index in [4.69, 9.17) is 5.11 Å². The number of alkyl halides is 9. The predicted molar refractivity (Wildman–Crippen MR) is 23.1 cm³/mol. The zero-order valence-electron chi connectivity index (χ0n) is 5.85. The predicted octanol–water partition coefficient (Wildman–Crippen LogP) is 2.40. The molecule has 1 N–H and O–H groups in total. The molecule has 14 heavy (non-hydrogen) atoms. The van der Waals surface area contributed by atoms with E-state index in [1.165, 1.54) is 0 Å². The summed E-state index contributed by atoms with van der Waals surface area (Å²) in [7, 11) is 0. The van der Waals surface area contributed by atoms with Crippen LogP contribution >= 0.6 is 0 Å². The van der Waals surface area contributed by atoms with Crippen molar-refractivity contribution >= 4 is 0 Å². The summed E-state index contributed by atoms with van der Waals surface area (Å²) in [4.78, 5) is 0. The van der Waals surface area contributed by atoms with Crippen LogP contribution in [-0.4, -0.2) is 29.2 Å². The van der Waals surface area contributed by atoms with Crippen molar-refractivity contribution in [1.29, 1.82) is 0 Å². The van der Waals surface area contributed by atoms with Crippen molar-refractivity contribution in [2.45, 2.75) is 24.1 Å². The fourth-order valence-corrected chi connectivity index (χ4v) is 0.502. The maximum absolute atomic E-state index is 12.1. The average molecular weight is 236 g/mol. The van der Waals surface area contributed by atoms with Gasteiger partial charge in [-0.05, 0) is 0 Å². The number of halogens is 9. The minimum Gasteiger partial charge on any atom is -0.333 e. The van der Waals surface area contributed by atoms with Crippen LogP contribution in [0, 0.1) is 0 Å². The van der Waals surface area contributed by atoms with Crippen LogP contribution in [0.25, 0.3) is 0 Å². The fraction of sp³-hybridized carbons (Fsp3) is 1.00. The van der Waals surface area contributed by atoms with Crippen LogP contribution in [0.5, 0.6) is 0 Å². The van der Waals surface area contributed by atoms with Crippen LogP contribution < -0.4 is 0 Å². The van der Waals surface area contributed by atoms with E-state index < -0.39 is 24.1 Å². The lowest BCUT2D eigenvalue weighted by Gasteiger charge is -2.32. The van der Waals surface area contributed by atoms with Gasteiger partial charge in [0.25, 0.3) is 0 Å². The second-order valence-corrected chi connectivity index (χ2v) is 2.20. The molecule has 0 saturated heterocycles. The van der Waals surface area contributed by atoms with Crippen LogP contribution in [-0.2, 0) is 0 Å². The lowest BCUT2D eigenvalue weighted by atomic mass is 10.0. The van der Waals surface area contributed by atoms with Crippen LogP contribution in [0.15, 0.2) is 0 Å². The summed E-state index contributed by atoms with van der Waals surface area (Å²) in [6, 6.07) is 0. The van der Waals surface area contributed by atoms with E-state index in [1.807, 2.05) is 0 Å². The Morgan fingerprint density at radius 3 is 0.786 bits per heavy atom. The molecule has 0 bridgehead atoms. The Labute approximate surface area is 70.1 Å². The van der Waals surface area contributed by atoms with E-state index >= 15 is 0 Å². The largest absolute Gasteiger partial charge is 0.440 e. The van der Waals surface area contributed by atoms with Crippen molar-refractivity contribution in [3.05, 3.63) is 0 Å². The Bertz CT molecular complexity index is 170. The molecule has 0 aromatic heterocycles. The normalized spacial score (nSPS) is 15.9. The van der Waals surface area contributed by atoms with Gasteiger partial charge in [-0.25, -0.2) is 4.39 Å². The Kier molecular flexibility index (Phi) is 2.77. The molecule has 10 heteroatoms. The first kappa shape index (κ1) is 13.3. The Balaban J connectivity index is 5.54. The van der Waals surface area contributed by atoms with E-state index in [0.717, 1.165) is 0 Å². The monoisotopic (exact) mass is 236 g/mol. The van der Waals surface area contributed by atoms with Gasteiger partial charge in [-0.3, -0.25) is 0 Å². The van der Waals surface area contributed by atoms with E-state index in [2.05, 4.69) is 0 Å². The van der Waals surface area contributed by atoms with Crippen molar-refractivity contribution in [3.8, 4) is 0 Å². The lowest BCUT2D eigenvalue weighted by molar-refractivity contribution is -0.440. The summed E-state index contributed by atoms with van der Waals surface area (Å²) in [5, 5.41) is 7.26. The molecular formula is C4HF9O. The first-order chi connectivity index (χ1) is 5.75. The van der Waals surface area contributed by atoms with E-state index in [9.17, 15) is 39.5 Å². The highest BCUT2D eigenvalue weighted by atomic mass is 19.4. The molecule has 1 nitrogen and oxygen atoms in total. The van der Waals surface area contributed by atoms with Crippen molar-refractivity contribution in [3.63, 3.8) is 0 Å². The quantitative estimate of drug-likeness (QED) is 0.693. The third-order valence-corrected chi connectivity index (χ3v) is 1.20. The second-order valence-electron chi connectivity index (χ2n) is 2.20. The van der Waals surface area contributed by atoms with Crippen molar-refractivity contribution in [1.82, 2.24) is 0 Å². The van der Waals surface area contributed by atoms with Gasteiger partial charge in [0.05, 0.1) is 0 Å². The maximum Gasteiger partial charge on any atom is 0.440 e. The second kappa shape index (κ2) is 2.91. The minimum atomic E-state index is -6.97. The highest BCUT2D eigenvalue weighted by Crippen LogP contribution is 2.53. The van der Waals surface area contributed by atoms with Crippen molar-refractivity contribution in [2.75, 3.05) is 0 Å². The molecule has 0 radical (unpaired) electrons. The van der Waals surface area contributed by atoms with Gasteiger partial charge >= 0.3 is 24.1 Å². The lowest BCUT2D eigenvalue weighted by Crippen LogP contribution is -2.64. The summed E-state index contributed by atoms with van der Waals surface area (Å²) in [5.74, 6) is 0. The molecule has 0 amide bonds. The zero-order valence-corrected chi connectivity index (χ0v) is 5.85. The SMILES string of the molecule is OC(F)(F)C(F)(C(F)(F)F)C(F)(F)F. The Hall–Kier alpha value is -0.670. The molecule has 0 heterocycles. The third kappa shape index (κ3) is 1.74. The van der Waals surface area contributed by atoms with Crippen LogP contribution in [0.1, 0.15) is 0 Å².